The van der Waals surface area contributed by atoms with Crippen LogP contribution in [-0.2, 0) is 21.3 Å². The van der Waals surface area contributed by atoms with E-state index in [4.69, 9.17) is 10.5 Å². The summed E-state index contributed by atoms with van der Waals surface area (Å²) in [6.07, 6.45) is 5.68. The number of ether oxygens (including phenoxy) is 1. The molecule has 1 atom stereocenters. The highest BCUT2D eigenvalue weighted by Gasteiger charge is 2.28. The van der Waals surface area contributed by atoms with E-state index in [2.05, 4.69) is 5.10 Å². The maximum atomic E-state index is 12.6. The first-order valence-corrected chi connectivity index (χ1v) is 8.86. The summed E-state index contributed by atoms with van der Waals surface area (Å²) >= 11 is 0. The van der Waals surface area contributed by atoms with Crippen molar-refractivity contribution >= 4 is 10.0 Å². The summed E-state index contributed by atoms with van der Waals surface area (Å²) in [5.41, 5.74) is 5.45. The van der Waals surface area contributed by atoms with E-state index in [1.165, 1.54) is 10.5 Å². The molecule has 7 nitrogen and oxygen atoms in total. The molecule has 1 fully saturated rings. The SMILES string of the molecule is CCN(CC1CCCO1)S(=O)(=O)c1cnn(CCCN)c1. The molecule has 2 heterocycles. The Morgan fingerprint density at radius 3 is 3.00 bits per heavy atom. The molecule has 1 aliphatic heterocycles. The molecule has 0 saturated carbocycles. The summed E-state index contributed by atoms with van der Waals surface area (Å²) in [5.74, 6) is 0. The Morgan fingerprint density at radius 2 is 2.38 bits per heavy atom. The molecule has 1 unspecified atom stereocenters. The quantitative estimate of drug-likeness (QED) is 0.750. The molecule has 0 spiro atoms. The Labute approximate surface area is 126 Å². The number of aromatic nitrogens is 2. The molecule has 0 bridgehead atoms. The van der Waals surface area contributed by atoms with Crippen molar-refractivity contribution in [1.29, 1.82) is 0 Å². The van der Waals surface area contributed by atoms with Gasteiger partial charge in [0.1, 0.15) is 4.90 Å². The number of sulfonamides is 1. The second kappa shape index (κ2) is 7.35. The van der Waals surface area contributed by atoms with E-state index in [1.807, 2.05) is 6.92 Å². The number of nitrogens with two attached hydrogens (primary N) is 1. The highest BCUT2D eigenvalue weighted by atomic mass is 32.2. The molecule has 8 heteroatoms. The summed E-state index contributed by atoms with van der Waals surface area (Å²) in [6, 6.07) is 0. The molecule has 2 rings (SSSR count). The van der Waals surface area contributed by atoms with E-state index in [1.54, 1.807) is 10.9 Å². The van der Waals surface area contributed by atoms with Gasteiger partial charge in [-0.3, -0.25) is 4.68 Å². The van der Waals surface area contributed by atoms with E-state index in [0.29, 0.717) is 26.2 Å². The normalized spacial score (nSPS) is 19.5. The Balaban J connectivity index is 2.08. The zero-order valence-electron chi connectivity index (χ0n) is 12.4. The lowest BCUT2D eigenvalue weighted by Gasteiger charge is -2.22. The fourth-order valence-electron chi connectivity index (χ4n) is 2.42. The summed E-state index contributed by atoms with van der Waals surface area (Å²) in [5, 5.41) is 4.09. The predicted molar refractivity (Wildman–Crippen MR) is 79.3 cm³/mol. The minimum Gasteiger partial charge on any atom is -0.377 e. The lowest BCUT2D eigenvalue weighted by molar-refractivity contribution is 0.0947. The van der Waals surface area contributed by atoms with Crippen molar-refractivity contribution < 1.29 is 13.2 Å². The molecule has 0 amide bonds. The van der Waals surface area contributed by atoms with Crippen molar-refractivity contribution in [2.45, 2.75) is 43.7 Å². The fraction of sp³-hybridized carbons (Fsp3) is 0.769. The molecule has 0 radical (unpaired) electrons. The van der Waals surface area contributed by atoms with Crippen LogP contribution in [0.4, 0.5) is 0 Å². The molecule has 1 aliphatic rings. The van der Waals surface area contributed by atoms with Crippen molar-refractivity contribution in [3.63, 3.8) is 0 Å². The van der Waals surface area contributed by atoms with Gasteiger partial charge < -0.3 is 10.5 Å². The molecule has 0 aromatic carbocycles. The van der Waals surface area contributed by atoms with Gasteiger partial charge in [-0.15, -0.1) is 0 Å². The third-order valence-electron chi connectivity index (χ3n) is 3.62. The highest BCUT2D eigenvalue weighted by molar-refractivity contribution is 7.89. The number of nitrogens with zero attached hydrogens (tertiary/aromatic N) is 3. The molecule has 2 N–H and O–H groups in total. The number of likely N-dealkylation sites (N-methyl/N-ethyl adjacent to an activating group) is 1. The molecule has 0 aliphatic carbocycles. The number of rotatable bonds is 8. The average molecular weight is 316 g/mol. The van der Waals surface area contributed by atoms with E-state index in [0.717, 1.165) is 25.9 Å². The van der Waals surface area contributed by atoms with Gasteiger partial charge >= 0.3 is 0 Å². The Bertz CT molecular complexity index is 537. The monoisotopic (exact) mass is 316 g/mol. The maximum absolute atomic E-state index is 12.6. The first kappa shape index (κ1) is 16.4. The van der Waals surface area contributed by atoms with Gasteiger partial charge in [0, 0.05) is 32.4 Å². The number of aryl methyl sites for hydroxylation is 1. The van der Waals surface area contributed by atoms with Gasteiger partial charge in [0.15, 0.2) is 0 Å². The Morgan fingerprint density at radius 1 is 1.57 bits per heavy atom. The summed E-state index contributed by atoms with van der Waals surface area (Å²) in [7, 11) is -3.50. The van der Waals surface area contributed by atoms with E-state index >= 15 is 0 Å². The smallest absolute Gasteiger partial charge is 0.246 e. The van der Waals surface area contributed by atoms with Gasteiger partial charge in [-0.25, -0.2) is 8.42 Å². The van der Waals surface area contributed by atoms with Crippen molar-refractivity contribution in [3.8, 4) is 0 Å². The van der Waals surface area contributed by atoms with Gasteiger partial charge in [-0.2, -0.15) is 9.40 Å². The van der Waals surface area contributed by atoms with Crippen molar-refractivity contribution in [2.75, 3.05) is 26.2 Å². The van der Waals surface area contributed by atoms with Crippen LogP contribution < -0.4 is 5.73 Å². The molecule has 1 aromatic rings. The maximum Gasteiger partial charge on any atom is 0.246 e. The number of hydrogen-bond acceptors (Lipinski definition) is 5. The van der Waals surface area contributed by atoms with Crippen LogP contribution in [0.15, 0.2) is 17.3 Å². The third kappa shape index (κ3) is 4.03. The van der Waals surface area contributed by atoms with Crippen LogP contribution in [-0.4, -0.2) is 54.8 Å². The standard InChI is InChI=1S/C13H24N4O3S/c1-2-17(10-12-5-3-8-20-12)21(18,19)13-9-15-16(11-13)7-4-6-14/h9,11-12H,2-8,10,14H2,1H3. The third-order valence-corrected chi connectivity index (χ3v) is 5.52. The lowest BCUT2D eigenvalue weighted by Crippen LogP contribution is -2.37. The molecular weight excluding hydrogens is 292 g/mol. The molecule has 1 aromatic heterocycles. The molecular formula is C13H24N4O3S. The minimum atomic E-state index is -3.50. The van der Waals surface area contributed by atoms with Gasteiger partial charge in [-0.1, -0.05) is 6.92 Å². The minimum absolute atomic E-state index is 0.00649. The fourth-order valence-corrected chi connectivity index (χ4v) is 3.85. The van der Waals surface area contributed by atoms with Crippen molar-refractivity contribution in [3.05, 3.63) is 12.4 Å². The van der Waals surface area contributed by atoms with Crippen molar-refractivity contribution in [2.24, 2.45) is 5.73 Å². The first-order chi connectivity index (χ1) is 10.1. The average Bonchev–Trinajstić information content (AvgIpc) is 3.13. The lowest BCUT2D eigenvalue weighted by atomic mass is 10.2. The van der Waals surface area contributed by atoms with Gasteiger partial charge in [0.05, 0.1) is 12.3 Å². The second-order valence-electron chi connectivity index (χ2n) is 5.17. The highest BCUT2D eigenvalue weighted by Crippen LogP contribution is 2.19. The van der Waals surface area contributed by atoms with Crippen LogP contribution in [0.5, 0.6) is 0 Å². The van der Waals surface area contributed by atoms with E-state index in [-0.39, 0.29) is 11.0 Å². The van der Waals surface area contributed by atoms with Gasteiger partial charge in [-0.05, 0) is 25.8 Å². The number of hydrogen-bond donors (Lipinski definition) is 1. The summed E-state index contributed by atoms with van der Waals surface area (Å²) in [6.45, 7) is 4.58. The second-order valence-corrected chi connectivity index (χ2v) is 7.11. The topological polar surface area (TPSA) is 90.5 Å². The summed E-state index contributed by atoms with van der Waals surface area (Å²) in [4.78, 5) is 0.236. The van der Waals surface area contributed by atoms with Crippen LogP contribution in [0.2, 0.25) is 0 Å². The first-order valence-electron chi connectivity index (χ1n) is 7.42. The van der Waals surface area contributed by atoms with Crippen LogP contribution in [0.3, 0.4) is 0 Å². The largest absolute Gasteiger partial charge is 0.377 e. The molecule has 21 heavy (non-hydrogen) atoms. The summed E-state index contributed by atoms with van der Waals surface area (Å²) < 4.78 is 33.9. The van der Waals surface area contributed by atoms with Crippen molar-refractivity contribution in [1.82, 2.24) is 14.1 Å². The van der Waals surface area contributed by atoms with Gasteiger partial charge in [0.2, 0.25) is 10.0 Å². The predicted octanol–water partition coefficient (Wildman–Crippen LogP) is 0.422. The van der Waals surface area contributed by atoms with E-state index in [9.17, 15) is 8.42 Å². The van der Waals surface area contributed by atoms with E-state index < -0.39 is 10.0 Å². The zero-order chi connectivity index (χ0) is 15.3. The van der Waals surface area contributed by atoms with Gasteiger partial charge in [0.25, 0.3) is 0 Å². The van der Waals surface area contributed by atoms with Crippen LogP contribution in [0.1, 0.15) is 26.2 Å². The molecule has 120 valence electrons. The Kier molecular flexibility index (Phi) is 5.74. The van der Waals surface area contributed by atoms with Crippen LogP contribution in [0, 0.1) is 0 Å². The van der Waals surface area contributed by atoms with Crippen LogP contribution in [0.25, 0.3) is 0 Å². The van der Waals surface area contributed by atoms with Crippen LogP contribution >= 0.6 is 0 Å². The Hall–Kier alpha value is -0.960. The molecule has 1 saturated heterocycles. The zero-order valence-corrected chi connectivity index (χ0v) is 13.3.